The molecule has 2 heterocycles. The normalized spacial score (nSPS) is 16.6. The fraction of sp³-hybridized carbons (Fsp3) is 0.429. The van der Waals surface area contributed by atoms with E-state index in [0.29, 0.717) is 17.2 Å². The molecule has 0 radical (unpaired) electrons. The van der Waals surface area contributed by atoms with E-state index in [4.69, 9.17) is 0 Å². The first kappa shape index (κ1) is 19.7. The summed E-state index contributed by atoms with van der Waals surface area (Å²) in [5.41, 5.74) is 4.86. The van der Waals surface area contributed by atoms with Crippen LogP contribution in [0.1, 0.15) is 52.5 Å². The second-order valence-electron chi connectivity index (χ2n) is 7.41. The van der Waals surface area contributed by atoms with Gasteiger partial charge in [0.2, 0.25) is 0 Å². The van der Waals surface area contributed by atoms with Gasteiger partial charge in [-0.3, -0.25) is 9.59 Å². The van der Waals surface area contributed by atoms with Gasteiger partial charge in [0.15, 0.2) is 0 Å². The predicted octanol–water partition coefficient (Wildman–Crippen LogP) is 3.98. The lowest BCUT2D eigenvalue weighted by Gasteiger charge is -2.27. The number of H-pyrrole nitrogens is 1. The number of hydrogen-bond acceptors (Lipinski definition) is 3. The van der Waals surface area contributed by atoms with Gasteiger partial charge >= 0.3 is 0 Å². The molecule has 1 fully saturated rings. The number of aromatic amines is 1. The molecule has 5 nitrogen and oxygen atoms in total. The van der Waals surface area contributed by atoms with Gasteiger partial charge in [0.25, 0.3) is 11.5 Å². The molecule has 1 aromatic carbocycles. The van der Waals surface area contributed by atoms with E-state index < -0.39 is 0 Å². The molecule has 144 valence electrons. The molecule has 0 spiro atoms. The van der Waals surface area contributed by atoms with Crippen LogP contribution in [-0.2, 0) is 6.54 Å². The Morgan fingerprint density at radius 3 is 2.67 bits per heavy atom. The number of amides is 1. The summed E-state index contributed by atoms with van der Waals surface area (Å²) in [6.45, 7) is 9.17. The van der Waals surface area contributed by atoms with Gasteiger partial charge in [0.1, 0.15) is 0 Å². The zero-order valence-electron chi connectivity index (χ0n) is 16.3. The Hall–Kier alpha value is -2.08. The second kappa shape index (κ2) is 7.89. The van der Waals surface area contributed by atoms with E-state index in [1.807, 2.05) is 32.9 Å². The molecule has 0 bridgehead atoms. The average Bonchev–Trinajstić information content (AvgIpc) is 3.01. The molecule has 27 heavy (non-hydrogen) atoms. The lowest BCUT2D eigenvalue weighted by molar-refractivity contribution is 0.0950. The fourth-order valence-electron chi connectivity index (χ4n) is 3.86. The Labute approximate surface area is 168 Å². The lowest BCUT2D eigenvalue weighted by atomic mass is 10.0. The van der Waals surface area contributed by atoms with E-state index in [2.05, 4.69) is 44.1 Å². The van der Waals surface area contributed by atoms with Crippen LogP contribution in [0.15, 0.2) is 27.5 Å². The van der Waals surface area contributed by atoms with Crippen LogP contribution in [0.4, 0.5) is 5.69 Å². The Bertz CT molecular complexity index is 936. The van der Waals surface area contributed by atoms with Gasteiger partial charge in [-0.05, 0) is 69.9 Å². The highest BCUT2D eigenvalue weighted by Crippen LogP contribution is 2.33. The highest BCUT2D eigenvalue weighted by atomic mass is 79.9. The molecule has 6 heteroatoms. The SMILES string of the molecule is Cc1cc(C)c(CNC(=O)c2cc(Br)cc(N3CCCC3C)c2C)c(=O)[nH]1. The largest absolute Gasteiger partial charge is 0.369 e. The molecule has 0 aliphatic carbocycles. The van der Waals surface area contributed by atoms with E-state index in [-0.39, 0.29) is 18.0 Å². The zero-order valence-corrected chi connectivity index (χ0v) is 17.9. The third kappa shape index (κ3) is 4.10. The summed E-state index contributed by atoms with van der Waals surface area (Å²) in [7, 11) is 0. The first-order chi connectivity index (χ1) is 12.8. The van der Waals surface area contributed by atoms with Crippen LogP contribution in [0.5, 0.6) is 0 Å². The minimum atomic E-state index is -0.165. The number of aryl methyl sites for hydroxylation is 2. The van der Waals surface area contributed by atoms with Crippen molar-refractivity contribution in [1.82, 2.24) is 10.3 Å². The van der Waals surface area contributed by atoms with Crippen molar-refractivity contribution < 1.29 is 4.79 Å². The molecule has 1 aromatic heterocycles. The van der Waals surface area contributed by atoms with Crippen molar-refractivity contribution in [2.45, 2.75) is 53.1 Å². The molecule has 1 aliphatic rings. The lowest BCUT2D eigenvalue weighted by Crippen LogP contribution is -2.30. The summed E-state index contributed by atoms with van der Waals surface area (Å²) in [6.07, 6.45) is 2.34. The maximum Gasteiger partial charge on any atom is 0.253 e. The Balaban J connectivity index is 1.85. The van der Waals surface area contributed by atoms with Crippen molar-refractivity contribution in [2.75, 3.05) is 11.4 Å². The number of hydrogen-bond donors (Lipinski definition) is 2. The van der Waals surface area contributed by atoms with E-state index in [9.17, 15) is 9.59 Å². The zero-order chi connectivity index (χ0) is 19.7. The Morgan fingerprint density at radius 2 is 2.04 bits per heavy atom. The van der Waals surface area contributed by atoms with Crippen LogP contribution in [0, 0.1) is 20.8 Å². The third-order valence-corrected chi connectivity index (χ3v) is 5.83. The van der Waals surface area contributed by atoms with E-state index >= 15 is 0 Å². The number of anilines is 1. The van der Waals surface area contributed by atoms with Crippen LogP contribution >= 0.6 is 15.9 Å². The van der Waals surface area contributed by atoms with Gasteiger partial charge < -0.3 is 15.2 Å². The number of halogens is 1. The standard InChI is InChI=1S/C21H26BrN3O2/c1-12-8-13(2)24-21(27)18(12)11-23-20(26)17-9-16(22)10-19(15(17)4)25-7-5-6-14(25)3/h8-10,14H,5-7,11H2,1-4H3,(H,23,26)(H,24,27). The summed E-state index contributed by atoms with van der Waals surface area (Å²) >= 11 is 3.55. The van der Waals surface area contributed by atoms with Gasteiger partial charge in [0, 0.05) is 46.1 Å². The molecule has 1 unspecified atom stereocenters. The molecule has 2 N–H and O–H groups in total. The van der Waals surface area contributed by atoms with Crippen molar-refractivity contribution in [3.63, 3.8) is 0 Å². The molecule has 1 amide bonds. The first-order valence-corrected chi connectivity index (χ1v) is 10.1. The number of benzene rings is 1. The number of nitrogens with zero attached hydrogens (tertiary/aromatic N) is 1. The van der Waals surface area contributed by atoms with Crippen LogP contribution in [0.2, 0.25) is 0 Å². The van der Waals surface area contributed by atoms with E-state index in [1.165, 1.54) is 12.8 Å². The summed E-state index contributed by atoms with van der Waals surface area (Å²) < 4.78 is 0.886. The molecule has 0 saturated carbocycles. The van der Waals surface area contributed by atoms with Crippen molar-refractivity contribution in [2.24, 2.45) is 0 Å². The summed E-state index contributed by atoms with van der Waals surface area (Å²) in [4.78, 5) is 30.2. The quantitative estimate of drug-likeness (QED) is 0.768. The predicted molar refractivity (Wildman–Crippen MR) is 113 cm³/mol. The van der Waals surface area contributed by atoms with Crippen LogP contribution in [-0.4, -0.2) is 23.5 Å². The van der Waals surface area contributed by atoms with Crippen molar-refractivity contribution in [1.29, 1.82) is 0 Å². The number of nitrogens with one attached hydrogen (secondary N) is 2. The maximum absolute atomic E-state index is 12.9. The number of carbonyl (C=O) groups excluding carboxylic acids is 1. The highest BCUT2D eigenvalue weighted by molar-refractivity contribution is 9.10. The second-order valence-corrected chi connectivity index (χ2v) is 8.32. The minimum absolute atomic E-state index is 0.148. The van der Waals surface area contributed by atoms with E-state index in [0.717, 1.165) is 33.5 Å². The molecular formula is C21H26BrN3O2. The summed E-state index contributed by atoms with van der Waals surface area (Å²) in [5.74, 6) is -0.165. The monoisotopic (exact) mass is 431 g/mol. The number of aromatic nitrogens is 1. The van der Waals surface area contributed by atoms with Gasteiger partial charge in [0.05, 0.1) is 0 Å². The number of pyridine rings is 1. The maximum atomic E-state index is 12.9. The molecule has 2 aromatic rings. The van der Waals surface area contributed by atoms with E-state index in [1.54, 1.807) is 0 Å². The van der Waals surface area contributed by atoms with Gasteiger partial charge in [-0.25, -0.2) is 0 Å². The molecular weight excluding hydrogens is 406 g/mol. The Kier molecular flexibility index (Phi) is 5.75. The summed E-state index contributed by atoms with van der Waals surface area (Å²) in [5, 5.41) is 2.92. The topological polar surface area (TPSA) is 65.2 Å². The van der Waals surface area contributed by atoms with Crippen LogP contribution < -0.4 is 15.8 Å². The molecule has 1 atom stereocenters. The van der Waals surface area contributed by atoms with Crippen LogP contribution in [0.25, 0.3) is 0 Å². The molecule has 3 rings (SSSR count). The third-order valence-electron chi connectivity index (χ3n) is 5.37. The van der Waals surface area contributed by atoms with Crippen molar-refractivity contribution in [3.8, 4) is 0 Å². The van der Waals surface area contributed by atoms with Gasteiger partial charge in [-0.1, -0.05) is 15.9 Å². The minimum Gasteiger partial charge on any atom is -0.369 e. The molecule has 1 aliphatic heterocycles. The average molecular weight is 432 g/mol. The van der Waals surface area contributed by atoms with Crippen LogP contribution in [0.3, 0.4) is 0 Å². The Morgan fingerprint density at radius 1 is 1.30 bits per heavy atom. The number of carbonyl (C=O) groups is 1. The van der Waals surface area contributed by atoms with Crippen molar-refractivity contribution in [3.05, 3.63) is 61.0 Å². The smallest absolute Gasteiger partial charge is 0.253 e. The van der Waals surface area contributed by atoms with Gasteiger partial charge in [-0.15, -0.1) is 0 Å². The first-order valence-electron chi connectivity index (χ1n) is 9.32. The van der Waals surface area contributed by atoms with Gasteiger partial charge in [-0.2, -0.15) is 0 Å². The summed E-state index contributed by atoms with van der Waals surface area (Å²) in [6, 6.07) is 6.33. The number of rotatable bonds is 4. The fourth-order valence-corrected chi connectivity index (χ4v) is 4.30. The molecule has 1 saturated heterocycles. The van der Waals surface area contributed by atoms with Crippen molar-refractivity contribution >= 4 is 27.5 Å². The highest BCUT2D eigenvalue weighted by Gasteiger charge is 2.24.